The van der Waals surface area contributed by atoms with Crippen LogP contribution in [0.15, 0.2) is 47.1 Å². The first-order chi connectivity index (χ1) is 8.16. The first-order valence-electron chi connectivity index (χ1n) is 5.29. The number of pyridine rings is 1. The van der Waals surface area contributed by atoms with Crippen LogP contribution in [0.2, 0.25) is 5.02 Å². The van der Waals surface area contributed by atoms with E-state index in [1.807, 2.05) is 36.4 Å². The van der Waals surface area contributed by atoms with Gasteiger partial charge in [-0.05, 0) is 53.2 Å². The zero-order valence-corrected chi connectivity index (χ0v) is 11.7. The third kappa shape index (κ3) is 3.20. The molecule has 2 nitrogen and oxygen atoms in total. The molecule has 0 spiro atoms. The van der Waals surface area contributed by atoms with Crippen LogP contribution in [-0.2, 0) is 0 Å². The number of nitrogens with one attached hydrogen (secondary N) is 1. The van der Waals surface area contributed by atoms with Crippen molar-refractivity contribution in [2.24, 2.45) is 0 Å². The summed E-state index contributed by atoms with van der Waals surface area (Å²) in [6.07, 6.45) is 1.80. The van der Waals surface area contributed by atoms with Crippen molar-refractivity contribution in [2.75, 3.05) is 5.32 Å². The Morgan fingerprint density at radius 1 is 1.29 bits per heavy atom. The molecular weight excluding hydrogens is 300 g/mol. The molecule has 0 amide bonds. The van der Waals surface area contributed by atoms with E-state index in [9.17, 15) is 0 Å². The van der Waals surface area contributed by atoms with Gasteiger partial charge in [-0.15, -0.1) is 0 Å². The summed E-state index contributed by atoms with van der Waals surface area (Å²) >= 11 is 9.35. The van der Waals surface area contributed by atoms with Gasteiger partial charge in [-0.2, -0.15) is 0 Å². The van der Waals surface area contributed by atoms with Crippen LogP contribution in [0, 0.1) is 0 Å². The fourth-order valence-electron chi connectivity index (χ4n) is 1.54. The van der Waals surface area contributed by atoms with Gasteiger partial charge in [0.15, 0.2) is 0 Å². The molecule has 17 heavy (non-hydrogen) atoms. The molecule has 0 bridgehead atoms. The van der Waals surface area contributed by atoms with Gasteiger partial charge in [-0.3, -0.25) is 4.98 Å². The molecule has 0 fully saturated rings. The monoisotopic (exact) mass is 310 g/mol. The van der Waals surface area contributed by atoms with Crippen molar-refractivity contribution < 1.29 is 0 Å². The number of rotatable bonds is 3. The fourth-order valence-corrected chi connectivity index (χ4v) is 2.04. The zero-order chi connectivity index (χ0) is 12.3. The van der Waals surface area contributed by atoms with Crippen molar-refractivity contribution >= 4 is 33.2 Å². The average molecular weight is 312 g/mol. The molecular formula is C13H12BrClN2. The first kappa shape index (κ1) is 12.4. The van der Waals surface area contributed by atoms with Gasteiger partial charge in [-0.25, -0.2) is 0 Å². The number of hydrogen-bond donors (Lipinski definition) is 1. The minimum atomic E-state index is 0.157. The summed E-state index contributed by atoms with van der Waals surface area (Å²) in [4.78, 5) is 4.31. The van der Waals surface area contributed by atoms with E-state index in [1.54, 1.807) is 6.20 Å². The summed E-state index contributed by atoms with van der Waals surface area (Å²) in [6.45, 7) is 2.07. The lowest BCUT2D eigenvalue weighted by Gasteiger charge is -2.15. The van der Waals surface area contributed by atoms with Crippen LogP contribution in [0.5, 0.6) is 0 Å². The van der Waals surface area contributed by atoms with Gasteiger partial charge in [-0.1, -0.05) is 17.7 Å². The summed E-state index contributed by atoms with van der Waals surface area (Å²) in [5.41, 5.74) is 2.03. The van der Waals surface area contributed by atoms with E-state index in [0.717, 1.165) is 15.9 Å². The topological polar surface area (TPSA) is 24.9 Å². The minimum Gasteiger partial charge on any atom is -0.377 e. The normalized spacial score (nSPS) is 12.2. The van der Waals surface area contributed by atoms with Gasteiger partial charge in [0.05, 0.1) is 16.8 Å². The van der Waals surface area contributed by atoms with E-state index in [2.05, 4.69) is 33.2 Å². The SMILES string of the molecule is CC(Nc1ccc(Cl)c(Br)c1)c1ccccn1. The maximum Gasteiger partial charge on any atom is 0.0657 e. The van der Waals surface area contributed by atoms with Crippen molar-refractivity contribution in [3.05, 3.63) is 57.8 Å². The standard InChI is InChI=1S/C13H12BrClN2/c1-9(13-4-2-3-7-16-13)17-10-5-6-12(15)11(14)8-10/h2-9,17H,1H3. The Morgan fingerprint density at radius 3 is 2.76 bits per heavy atom. The summed E-state index contributed by atoms with van der Waals surface area (Å²) in [5, 5.41) is 4.08. The molecule has 0 radical (unpaired) electrons. The van der Waals surface area contributed by atoms with Gasteiger partial charge in [0.2, 0.25) is 0 Å². The smallest absolute Gasteiger partial charge is 0.0657 e. The molecule has 0 aliphatic carbocycles. The van der Waals surface area contributed by atoms with Gasteiger partial charge >= 0.3 is 0 Å². The van der Waals surface area contributed by atoms with Crippen LogP contribution in [0.25, 0.3) is 0 Å². The highest BCUT2D eigenvalue weighted by atomic mass is 79.9. The number of aromatic nitrogens is 1. The number of anilines is 1. The van der Waals surface area contributed by atoms with Crippen molar-refractivity contribution in [2.45, 2.75) is 13.0 Å². The molecule has 2 aromatic rings. The molecule has 4 heteroatoms. The summed E-state index contributed by atoms with van der Waals surface area (Å²) in [5.74, 6) is 0. The molecule has 0 saturated heterocycles. The number of hydrogen-bond acceptors (Lipinski definition) is 2. The van der Waals surface area contributed by atoms with E-state index in [1.165, 1.54) is 0 Å². The highest BCUT2D eigenvalue weighted by Crippen LogP contribution is 2.27. The van der Waals surface area contributed by atoms with Gasteiger partial charge in [0.25, 0.3) is 0 Å². The van der Waals surface area contributed by atoms with Crippen molar-refractivity contribution in [1.29, 1.82) is 0 Å². The van der Waals surface area contributed by atoms with Crippen LogP contribution >= 0.6 is 27.5 Å². The zero-order valence-electron chi connectivity index (χ0n) is 9.32. The van der Waals surface area contributed by atoms with E-state index in [0.29, 0.717) is 5.02 Å². The third-order valence-electron chi connectivity index (χ3n) is 2.43. The Labute approximate surface area is 114 Å². The van der Waals surface area contributed by atoms with Gasteiger partial charge < -0.3 is 5.32 Å². The minimum absolute atomic E-state index is 0.157. The molecule has 1 aromatic carbocycles. The Kier molecular flexibility index (Phi) is 4.02. The molecule has 0 aliphatic heterocycles. The Balaban J connectivity index is 2.13. The van der Waals surface area contributed by atoms with E-state index in [-0.39, 0.29) is 6.04 Å². The molecule has 2 rings (SSSR count). The van der Waals surface area contributed by atoms with Gasteiger partial charge in [0, 0.05) is 16.4 Å². The van der Waals surface area contributed by atoms with Gasteiger partial charge in [0.1, 0.15) is 0 Å². The maximum atomic E-state index is 5.95. The largest absolute Gasteiger partial charge is 0.377 e. The Hall–Kier alpha value is -1.06. The molecule has 0 aliphatic rings. The highest BCUT2D eigenvalue weighted by molar-refractivity contribution is 9.10. The predicted octanol–water partition coefficient (Wildman–Crippen LogP) is 4.67. The first-order valence-corrected chi connectivity index (χ1v) is 6.46. The number of benzene rings is 1. The Bertz CT molecular complexity index is 502. The quantitative estimate of drug-likeness (QED) is 0.891. The number of nitrogens with zero attached hydrogens (tertiary/aromatic N) is 1. The molecule has 1 N–H and O–H groups in total. The second-order valence-corrected chi connectivity index (χ2v) is 5.01. The van der Waals surface area contributed by atoms with Crippen molar-refractivity contribution in [3.63, 3.8) is 0 Å². The second kappa shape index (κ2) is 5.52. The maximum absolute atomic E-state index is 5.95. The lowest BCUT2D eigenvalue weighted by Crippen LogP contribution is -2.07. The van der Waals surface area contributed by atoms with Crippen LogP contribution < -0.4 is 5.32 Å². The van der Waals surface area contributed by atoms with E-state index in [4.69, 9.17) is 11.6 Å². The van der Waals surface area contributed by atoms with E-state index < -0.39 is 0 Å². The molecule has 0 saturated carbocycles. The number of halogens is 2. The lowest BCUT2D eigenvalue weighted by atomic mass is 10.2. The highest BCUT2D eigenvalue weighted by Gasteiger charge is 2.06. The van der Waals surface area contributed by atoms with Crippen LogP contribution in [0.4, 0.5) is 5.69 Å². The predicted molar refractivity (Wildman–Crippen MR) is 75.4 cm³/mol. The summed E-state index contributed by atoms with van der Waals surface area (Å²) < 4.78 is 0.886. The van der Waals surface area contributed by atoms with Crippen molar-refractivity contribution in [1.82, 2.24) is 4.98 Å². The van der Waals surface area contributed by atoms with Crippen LogP contribution in [0.1, 0.15) is 18.7 Å². The summed E-state index contributed by atoms with van der Waals surface area (Å²) in [7, 11) is 0. The molecule has 1 unspecified atom stereocenters. The molecule has 1 heterocycles. The lowest BCUT2D eigenvalue weighted by molar-refractivity contribution is 0.839. The van der Waals surface area contributed by atoms with Crippen molar-refractivity contribution in [3.8, 4) is 0 Å². The molecule has 1 aromatic heterocycles. The molecule has 88 valence electrons. The Morgan fingerprint density at radius 2 is 2.12 bits per heavy atom. The summed E-state index contributed by atoms with van der Waals surface area (Å²) in [6, 6.07) is 11.8. The third-order valence-corrected chi connectivity index (χ3v) is 3.65. The van der Waals surface area contributed by atoms with Crippen LogP contribution in [-0.4, -0.2) is 4.98 Å². The second-order valence-electron chi connectivity index (χ2n) is 3.75. The molecule has 1 atom stereocenters. The van der Waals surface area contributed by atoms with E-state index >= 15 is 0 Å². The average Bonchev–Trinajstić information content (AvgIpc) is 2.35. The fraction of sp³-hybridized carbons (Fsp3) is 0.154. The van der Waals surface area contributed by atoms with Crippen LogP contribution in [0.3, 0.4) is 0 Å².